The lowest BCUT2D eigenvalue weighted by Gasteiger charge is -2.31. The number of halogens is 1. The molecule has 6 nitrogen and oxygen atoms in total. The molecule has 21 heavy (non-hydrogen) atoms. The number of amides is 2. The second-order valence-electron chi connectivity index (χ2n) is 5.80. The number of carbonyl (C=O) groups excluding carboxylic acids is 2. The van der Waals surface area contributed by atoms with E-state index in [2.05, 4.69) is 5.32 Å². The molecule has 0 saturated carbocycles. The van der Waals surface area contributed by atoms with Crippen molar-refractivity contribution in [2.24, 2.45) is 0 Å². The highest BCUT2D eigenvalue weighted by atomic mass is 35.5. The number of carbonyl (C=O) groups is 2. The molecule has 0 spiro atoms. The molecule has 1 aromatic carbocycles. The van der Waals surface area contributed by atoms with Gasteiger partial charge < -0.3 is 10.1 Å². The molecule has 0 radical (unpaired) electrons. The predicted octanol–water partition coefficient (Wildman–Crippen LogP) is 2.51. The first-order chi connectivity index (χ1) is 9.69. The third kappa shape index (κ3) is 3.46. The molecule has 0 fully saturated rings. The smallest absolute Gasteiger partial charge is 0.408 e. The Labute approximate surface area is 127 Å². The number of benzene rings is 1. The molecule has 0 saturated heterocycles. The largest absolute Gasteiger partial charge is 0.444 e. The van der Waals surface area contributed by atoms with Crippen molar-refractivity contribution in [3.63, 3.8) is 0 Å². The van der Waals surface area contributed by atoms with Crippen molar-refractivity contribution in [3.8, 4) is 0 Å². The molecule has 7 heteroatoms. The van der Waals surface area contributed by atoms with Crippen molar-refractivity contribution in [3.05, 3.63) is 28.8 Å². The SMILES string of the molecule is CC(C)(C)OC(=O)N[C@H]1Cc2cccc(Cl)c2N(O)C1=O. The van der Waals surface area contributed by atoms with Gasteiger partial charge in [0, 0.05) is 6.42 Å². The highest BCUT2D eigenvalue weighted by molar-refractivity contribution is 6.34. The van der Waals surface area contributed by atoms with Gasteiger partial charge in [-0.2, -0.15) is 5.06 Å². The van der Waals surface area contributed by atoms with Crippen LogP contribution in [0.2, 0.25) is 5.02 Å². The van der Waals surface area contributed by atoms with Gasteiger partial charge in [-0.05, 0) is 32.4 Å². The molecule has 1 atom stereocenters. The highest BCUT2D eigenvalue weighted by Crippen LogP contribution is 2.33. The van der Waals surface area contributed by atoms with Gasteiger partial charge in [0.1, 0.15) is 11.6 Å². The second-order valence-corrected chi connectivity index (χ2v) is 6.21. The summed E-state index contributed by atoms with van der Waals surface area (Å²) in [5.74, 6) is -0.651. The first-order valence-corrected chi connectivity index (χ1v) is 6.86. The number of nitrogens with zero attached hydrogens (tertiary/aromatic N) is 1. The number of alkyl carbamates (subject to hydrolysis) is 1. The molecule has 2 N–H and O–H groups in total. The summed E-state index contributed by atoms with van der Waals surface area (Å²) in [6.07, 6.45) is -0.467. The van der Waals surface area contributed by atoms with E-state index in [0.717, 1.165) is 0 Å². The molecule has 0 unspecified atom stereocenters. The van der Waals surface area contributed by atoms with E-state index in [9.17, 15) is 14.8 Å². The van der Waals surface area contributed by atoms with Gasteiger partial charge in [-0.25, -0.2) is 4.79 Å². The number of hydrogen-bond donors (Lipinski definition) is 2. The van der Waals surface area contributed by atoms with E-state index in [1.807, 2.05) is 0 Å². The van der Waals surface area contributed by atoms with Crippen LogP contribution in [-0.4, -0.2) is 28.9 Å². The summed E-state index contributed by atoms with van der Waals surface area (Å²) in [5, 5.41) is 13.1. The molecule has 114 valence electrons. The van der Waals surface area contributed by atoms with E-state index in [4.69, 9.17) is 16.3 Å². The van der Waals surface area contributed by atoms with Crippen LogP contribution in [0.5, 0.6) is 0 Å². The summed E-state index contributed by atoms with van der Waals surface area (Å²) < 4.78 is 5.11. The minimum absolute atomic E-state index is 0.241. The van der Waals surface area contributed by atoms with Crippen LogP contribution in [0.3, 0.4) is 0 Å². The molecule has 0 bridgehead atoms. The Morgan fingerprint density at radius 1 is 1.48 bits per heavy atom. The highest BCUT2D eigenvalue weighted by Gasteiger charge is 2.35. The van der Waals surface area contributed by atoms with Gasteiger partial charge in [-0.15, -0.1) is 0 Å². The van der Waals surface area contributed by atoms with Crippen LogP contribution in [0.25, 0.3) is 0 Å². The van der Waals surface area contributed by atoms with E-state index in [1.165, 1.54) is 0 Å². The molecule has 1 aromatic rings. The number of nitrogens with one attached hydrogen (secondary N) is 1. The topological polar surface area (TPSA) is 78.9 Å². The van der Waals surface area contributed by atoms with Gasteiger partial charge in [0.2, 0.25) is 0 Å². The van der Waals surface area contributed by atoms with Crippen LogP contribution in [0.15, 0.2) is 18.2 Å². The number of rotatable bonds is 1. The van der Waals surface area contributed by atoms with E-state index in [-0.39, 0.29) is 17.1 Å². The summed E-state index contributed by atoms with van der Waals surface area (Å²) in [5.41, 5.74) is 0.263. The fraction of sp³-hybridized carbons (Fsp3) is 0.429. The van der Waals surface area contributed by atoms with Crippen molar-refractivity contribution >= 4 is 29.3 Å². The normalized spacial score (nSPS) is 18.2. The Kier molecular flexibility index (Phi) is 4.11. The molecule has 2 amide bonds. The van der Waals surface area contributed by atoms with Crippen molar-refractivity contribution in [1.29, 1.82) is 0 Å². The molecular weight excluding hydrogens is 296 g/mol. The van der Waals surface area contributed by atoms with Crippen molar-refractivity contribution < 1.29 is 19.5 Å². The minimum atomic E-state index is -0.893. The molecule has 1 aliphatic heterocycles. The third-order valence-corrected chi connectivity index (χ3v) is 3.21. The predicted molar refractivity (Wildman–Crippen MR) is 77.6 cm³/mol. The number of hydroxylamine groups is 1. The number of anilines is 1. The number of ether oxygens (including phenoxy) is 1. The first kappa shape index (κ1) is 15.6. The van der Waals surface area contributed by atoms with Gasteiger partial charge in [-0.3, -0.25) is 10.0 Å². The minimum Gasteiger partial charge on any atom is -0.444 e. The van der Waals surface area contributed by atoms with Crippen LogP contribution < -0.4 is 10.4 Å². The standard InChI is InChI=1S/C14H17ClN2O4/c1-14(2,3)21-13(19)16-10-7-8-5-4-6-9(15)11(8)17(20)12(10)18/h4-6,10,20H,7H2,1-3H3,(H,16,19)/t10-/m0/s1. The van der Waals surface area contributed by atoms with Gasteiger partial charge in [0.15, 0.2) is 0 Å². The second kappa shape index (κ2) is 5.54. The summed E-state index contributed by atoms with van der Waals surface area (Å²) >= 11 is 5.98. The van der Waals surface area contributed by atoms with Crippen molar-refractivity contribution in [2.75, 3.05) is 5.06 Å². The van der Waals surface area contributed by atoms with E-state index < -0.39 is 23.6 Å². The van der Waals surface area contributed by atoms with Gasteiger partial charge >= 0.3 is 6.09 Å². The summed E-state index contributed by atoms with van der Waals surface area (Å²) in [6, 6.07) is 4.14. The van der Waals surface area contributed by atoms with Crippen molar-refractivity contribution in [1.82, 2.24) is 5.32 Å². The van der Waals surface area contributed by atoms with Crippen LogP contribution in [-0.2, 0) is 16.0 Å². The number of hydrogen-bond acceptors (Lipinski definition) is 4. The van der Waals surface area contributed by atoms with Gasteiger partial charge in [0.05, 0.1) is 10.7 Å². The summed E-state index contributed by atoms with van der Waals surface area (Å²) in [4.78, 5) is 23.8. The van der Waals surface area contributed by atoms with Gasteiger partial charge in [-0.1, -0.05) is 23.7 Å². The maximum atomic E-state index is 12.1. The Bertz CT molecular complexity index is 583. The zero-order chi connectivity index (χ0) is 15.8. The molecule has 0 aromatic heterocycles. The maximum absolute atomic E-state index is 12.1. The quantitative estimate of drug-likeness (QED) is 0.781. The first-order valence-electron chi connectivity index (χ1n) is 6.49. The van der Waals surface area contributed by atoms with E-state index in [0.29, 0.717) is 10.6 Å². The molecule has 2 rings (SSSR count). The zero-order valence-electron chi connectivity index (χ0n) is 12.0. The lowest BCUT2D eigenvalue weighted by Crippen LogP contribution is -2.52. The Balaban J connectivity index is 2.17. The Morgan fingerprint density at radius 2 is 2.14 bits per heavy atom. The van der Waals surface area contributed by atoms with Crippen molar-refractivity contribution in [2.45, 2.75) is 38.8 Å². The van der Waals surface area contributed by atoms with Crippen LogP contribution >= 0.6 is 11.6 Å². The molecule has 1 heterocycles. The summed E-state index contributed by atoms with van der Waals surface area (Å²) in [7, 11) is 0. The molecule has 1 aliphatic rings. The average Bonchev–Trinajstić information content (AvgIpc) is 2.33. The zero-order valence-corrected chi connectivity index (χ0v) is 12.8. The van der Waals surface area contributed by atoms with Crippen LogP contribution in [0.1, 0.15) is 26.3 Å². The molecule has 0 aliphatic carbocycles. The van der Waals surface area contributed by atoms with Gasteiger partial charge in [0.25, 0.3) is 5.91 Å². The Hall–Kier alpha value is -1.79. The monoisotopic (exact) mass is 312 g/mol. The van der Waals surface area contributed by atoms with E-state index in [1.54, 1.807) is 39.0 Å². The fourth-order valence-electron chi connectivity index (χ4n) is 2.09. The Morgan fingerprint density at radius 3 is 2.76 bits per heavy atom. The van der Waals surface area contributed by atoms with E-state index >= 15 is 0 Å². The van der Waals surface area contributed by atoms with Crippen LogP contribution in [0.4, 0.5) is 10.5 Å². The van der Waals surface area contributed by atoms with Crippen LogP contribution in [0, 0.1) is 0 Å². The lowest BCUT2D eigenvalue weighted by molar-refractivity contribution is -0.126. The lowest BCUT2D eigenvalue weighted by atomic mass is 9.99. The molecular formula is C14H17ClN2O4. The average molecular weight is 313 g/mol. The summed E-state index contributed by atoms with van der Waals surface area (Å²) in [6.45, 7) is 5.17. The fourth-order valence-corrected chi connectivity index (χ4v) is 2.36. The third-order valence-electron chi connectivity index (χ3n) is 2.90. The number of para-hydroxylation sites is 1. The maximum Gasteiger partial charge on any atom is 0.408 e. The number of fused-ring (bicyclic) bond motifs is 1.